The van der Waals surface area contributed by atoms with E-state index in [9.17, 15) is 14.0 Å². The molecule has 0 aromatic heterocycles. The zero-order valence-electron chi connectivity index (χ0n) is 14.7. The first kappa shape index (κ1) is 20.4. The Labute approximate surface area is 161 Å². The van der Waals surface area contributed by atoms with Gasteiger partial charge in [0.25, 0.3) is 0 Å². The Morgan fingerprint density at radius 3 is 2.63 bits per heavy atom. The summed E-state index contributed by atoms with van der Waals surface area (Å²) >= 11 is 5.99. The maximum absolute atomic E-state index is 13.0. The number of amides is 2. The molecule has 2 N–H and O–H groups in total. The predicted molar refractivity (Wildman–Crippen MR) is 101 cm³/mol. The molecule has 0 saturated carbocycles. The number of nitrogens with one attached hydrogen (secondary N) is 2. The van der Waals surface area contributed by atoms with Gasteiger partial charge in [-0.2, -0.15) is 5.10 Å². The molecule has 0 heterocycles. The number of halogens is 2. The highest BCUT2D eigenvalue weighted by Crippen LogP contribution is 2.22. The maximum atomic E-state index is 13.0. The van der Waals surface area contributed by atoms with Crippen LogP contribution in [0.1, 0.15) is 24.5 Å². The van der Waals surface area contributed by atoms with Crippen LogP contribution in [0.15, 0.2) is 47.6 Å². The molecule has 8 heteroatoms. The zero-order chi connectivity index (χ0) is 19.6. The first-order valence-electron chi connectivity index (χ1n) is 8.27. The fourth-order valence-corrected chi connectivity index (χ4v) is 2.20. The fourth-order valence-electron chi connectivity index (χ4n) is 2.02. The van der Waals surface area contributed by atoms with Crippen molar-refractivity contribution in [3.63, 3.8) is 0 Å². The lowest BCUT2D eigenvalue weighted by Crippen LogP contribution is -2.38. The quantitative estimate of drug-likeness (QED) is 0.432. The SMILES string of the molecule is CCCNC(=O)C(=O)N/N=C\c1cc(Cl)ccc1OCc1ccc(F)cc1. The van der Waals surface area contributed by atoms with Crippen LogP contribution < -0.4 is 15.5 Å². The van der Waals surface area contributed by atoms with E-state index in [0.717, 1.165) is 12.0 Å². The lowest BCUT2D eigenvalue weighted by atomic mass is 10.2. The van der Waals surface area contributed by atoms with Gasteiger partial charge in [-0.3, -0.25) is 9.59 Å². The first-order chi connectivity index (χ1) is 13.0. The van der Waals surface area contributed by atoms with Gasteiger partial charge < -0.3 is 10.1 Å². The number of ether oxygens (including phenoxy) is 1. The molecule has 0 aliphatic rings. The number of nitrogens with zero attached hydrogens (tertiary/aromatic N) is 1. The van der Waals surface area contributed by atoms with Crippen LogP contribution in [0.4, 0.5) is 4.39 Å². The number of hydrogen-bond acceptors (Lipinski definition) is 4. The van der Waals surface area contributed by atoms with Gasteiger partial charge in [0, 0.05) is 17.1 Å². The van der Waals surface area contributed by atoms with Gasteiger partial charge in [-0.25, -0.2) is 9.82 Å². The van der Waals surface area contributed by atoms with Gasteiger partial charge in [0.15, 0.2) is 0 Å². The Hall–Kier alpha value is -2.93. The van der Waals surface area contributed by atoms with E-state index in [0.29, 0.717) is 22.9 Å². The van der Waals surface area contributed by atoms with Crippen molar-refractivity contribution in [3.05, 3.63) is 64.4 Å². The van der Waals surface area contributed by atoms with E-state index in [4.69, 9.17) is 16.3 Å². The molecule has 0 aliphatic carbocycles. The standard InChI is InChI=1S/C19H19ClFN3O3/c1-2-9-22-18(25)19(26)24-23-11-14-10-15(20)5-8-17(14)27-12-13-3-6-16(21)7-4-13/h3-8,10-11H,2,9,12H2,1H3,(H,22,25)(H,24,26)/b23-11-. The summed E-state index contributed by atoms with van der Waals surface area (Å²) in [5.41, 5.74) is 3.44. The van der Waals surface area contributed by atoms with Gasteiger partial charge in [0.2, 0.25) is 0 Å². The molecule has 0 radical (unpaired) electrons. The summed E-state index contributed by atoms with van der Waals surface area (Å²) in [4.78, 5) is 23.1. The monoisotopic (exact) mass is 391 g/mol. The lowest BCUT2D eigenvalue weighted by Gasteiger charge is -2.09. The minimum Gasteiger partial charge on any atom is -0.488 e. The van der Waals surface area contributed by atoms with E-state index in [2.05, 4.69) is 15.8 Å². The Balaban J connectivity index is 2.01. The van der Waals surface area contributed by atoms with Gasteiger partial charge in [-0.05, 0) is 42.3 Å². The Bertz CT molecular complexity index is 825. The van der Waals surface area contributed by atoms with Gasteiger partial charge >= 0.3 is 11.8 Å². The van der Waals surface area contributed by atoms with Crippen LogP contribution in [0, 0.1) is 5.82 Å². The molecule has 0 aliphatic heterocycles. The largest absolute Gasteiger partial charge is 0.488 e. The van der Waals surface area contributed by atoms with Crippen LogP contribution in [0.5, 0.6) is 5.75 Å². The molecule has 2 amide bonds. The van der Waals surface area contributed by atoms with Crippen molar-refractivity contribution in [2.75, 3.05) is 6.54 Å². The molecule has 2 aromatic rings. The normalized spacial score (nSPS) is 10.6. The number of rotatable bonds is 7. The molecule has 0 fully saturated rings. The van der Waals surface area contributed by atoms with Crippen molar-refractivity contribution in [3.8, 4) is 5.75 Å². The van der Waals surface area contributed by atoms with Gasteiger partial charge in [0.1, 0.15) is 18.2 Å². The molecular formula is C19H19ClFN3O3. The summed E-state index contributed by atoms with van der Waals surface area (Å²) in [5, 5.41) is 6.67. The van der Waals surface area contributed by atoms with Gasteiger partial charge in [-0.15, -0.1) is 0 Å². The second-order valence-electron chi connectivity index (χ2n) is 5.55. The fraction of sp³-hybridized carbons (Fsp3) is 0.211. The smallest absolute Gasteiger partial charge is 0.329 e. The van der Waals surface area contributed by atoms with Crippen LogP contribution in [-0.4, -0.2) is 24.6 Å². The van der Waals surface area contributed by atoms with Crippen molar-refractivity contribution in [2.24, 2.45) is 5.10 Å². The molecular weight excluding hydrogens is 373 g/mol. The molecule has 6 nitrogen and oxygen atoms in total. The summed E-state index contributed by atoms with van der Waals surface area (Å²) in [5.74, 6) is -1.47. The lowest BCUT2D eigenvalue weighted by molar-refractivity contribution is -0.139. The van der Waals surface area contributed by atoms with E-state index >= 15 is 0 Å². The highest BCUT2D eigenvalue weighted by molar-refractivity contribution is 6.35. The van der Waals surface area contributed by atoms with E-state index in [1.165, 1.54) is 18.3 Å². The molecule has 2 aromatic carbocycles. The topological polar surface area (TPSA) is 79.8 Å². The molecule has 2 rings (SSSR count). The highest BCUT2D eigenvalue weighted by atomic mass is 35.5. The summed E-state index contributed by atoms with van der Waals surface area (Å²) < 4.78 is 18.7. The zero-order valence-corrected chi connectivity index (χ0v) is 15.4. The second kappa shape index (κ2) is 10.3. The average Bonchev–Trinajstić information content (AvgIpc) is 2.66. The van der Waals surface area contributed by atoms with Crippen molar-refractivity contribution in [2.45, 2.75) is 20.0 Å². The van der Waals surface area contributed by atoms with Crippen LogP contribution in [0.2, 0.25) is 5.02 Å². The average molecular weight is 392 g/mol. The van der Waals surface area contributed by atoms with Crippen molar-refractivity contribution < 1.29 is 18.7 Å². The Morgan fingerprint density at radius 2 is 1.93 bits per heavy atom. The van der Waals surface area contributed by atoms with Crippen LogP contribution in [-0.2, 0) is 16.2 Å². The molecule has 0 saturated heterocycles. The molecule has 0 bridgehead atoms. The summed E-state index contributed by atoms with van der Waals surface area (Å²) in [6.07, 6.45) is 2.05. The van der Waals surface area contributed by atoms with Crippen LogP contribution in [0.25, 0.3) is 0 Å². The van der Waals surface area contributed by atoms with E-state index in [1.54, 1.807) is 30.3 Å². The first-order valence-corrected chi connectivity index (χ1v) is 8.65. The van der Waals surface area contributed by atoms with Gasteiger partial charge in [-0.1, -0.05) is 30.7 Å². The number of carbonyl (C=O) groups excluding carboxylic acids is 2. The molecule has 0 atom stereocenters. The number of hydrazone groups is 1. The third kappa shape index (κ3) is 6.71. The Morgan fingerprint density at radius 1 is 1.19 bits per heavy atom. The molecule has 0 unspecified atom stereocenters. The summed E-state index contributed by atoms with van der Waals surface area (Å²) in [6.45, 7) is 2.50. The third-order valence-electron chi connectivity index (χ3n) is 3.39. The van der Waals surface area contributed by atoms with Crippen molar-refractivity contribution >= 4 is 29.6 Å². The number of hydrogen-bond donors (Lipinski definition) is 2. The van der Waals surface area contributed by atoms with Crippen molar-refractivity contribution in [1.29, 1.82) is 0 Å². The molecule has 27 heavy (non-hydrogen) atoms. The van der Waals surface area contributed by atoms with E-state index in [-0.39, 0.29) is 12.4 Å². The second-order valence-corrected chi connectivity index (χ2v) is 5.99. The number of carbonyl (C=O) groups is 2. The minimum atomic E-state index is -0.865. The minimum absolute atomic E-state index is 0.217. The van der Waals surface area contributed by atoms with E-state index in [1.807, 2.05) is 6.92 Å². The maximum Gasteiger partial charge on any atom is 0.329 e. The predicted octanol–water partition coefficient (Wildman–Crippen LogP) is 3.03. The van der Waals surface area contributed by atoms with Crippen LogP contribution >= 0.6 is 11.6 Å². The summed E-state index contributed by atoms with van der Waals surface area (Å²) in [6, 6.07) is 10.8. The van der Waals surface area contributed by atoms with Gasteiger partial charge in [0.05, 0.1) is 6.21 Å². The van der Waals surface area contributed by atoms with Crippen molar-refractivity contribution in [1.82, 2.24) is 10.7 Å². The Kier molecular flexibility index (Phi) is 7.76. The molecule has 0 spiro atoms. The third-order valence-corrected chi connectivity index (χ3v) is 3.63. The number of benzene rings is 2. The molecule has 142 valence electrons. The van der Waals surface area contributed by atoms with Crippen LogP contribution in [0.3, 0.4) is 0 Å². The highest BCUT2D eigenvalue weighted by Gasteiger charge is 2.11. The summed E-state index contributed by atoms with van der Waals surface area (Å²) in [7, 11) is 0. The van der Waals surface area contributed by atoms with E-state index < -0.39 is 11.8 Å².